The fraction of sp³-hybridized carbons (Fsp3) is 0.923. The number of carbonyl (C=O) groups is 1. The standard InChI is InChI=1S/C13H24N2O/c1-10-5-3-4-6-12(10)15(2)13(16)7-11-8-14-9-11/h10-12,14H,3-9H2,1-2H3. The van der Waals surface area contributed by atoms with Crippen LogP contribution in [0.2, 0.25) is 0 Å². The summed E-state index contributed by atoms with van der Waals surface area (Å²) < 4.78 is 0. The zero-order valence-electron chi connectivity index (χ0n) is 10.5. The number of carbonyl (C=O) groups excluding carboxylic acids is 1. The summed E-state index contributed by atoms with van der Waals surface area (Å²) in [5, 5.41) is 3.22. The molecule has 1 aliphatic heterocycles. The molecular formula is C13H24N2O. The number of hydrogen-bond acceptors (Lipinski definition) is 2. The van der Waals surface area contributed by atoms with Crippen molar-refractivity contribution in [2.45, 2.75) is 45.1 Å². The molecule has 0 aromatic heterocycles. The van der Waals surface area contributed by atoms with Crippen molar-refractivity contribution in [3.63, 3.8) is 0 Å². The molecule has 1 saturated heterocycles. The maximum absolute atomic E-state index is 12.1. The maximum Gasteiger partial charge on any atom is 0.222 e. The van der Waals surface area contributed by atoms with Crippen LogP contribution in [-0.4, -0.2) is 37.0 Å². The van der Waals surface area contributed by atoms with E-state index in [2.05, 4.69) is 12.2 Å². The quantitative estimate of drug-likeness (QED) is 0.790. The van der Waals surface area contributed by atoms with Crippen molar-refractivity contribution < 1.29 is 4.79 Å². The van der Waals surface area contributed by atoms with Crippen LogP contribution in [0.3, 0.4) is 0 Å². The molecule has 3 heteroatoms. The lowest BCUT2D eigenvalue weighted by molar-refractivity contribution is -0.135. The number of nitrogens with one attached hydrogen (secondary N) is 1. The Labute approximate surface area is 98.6 Å². The van der Waals surface area contributed by atoms with Crippen molar-refractivity contribution in [2.75, 3.05) is 20.1 Å². The largest absolute Gasteiger partial charge is 0.343 e. The number of hydrogen-bond donors (Lipinski definition) is 1. The van der Waals surface area contributed by atoms with E-state index < -0.39 is 0 Å². The van der Waals surface area contributed by atoms with Gasteiger partial charge in [0.2, 0.25) is 5.91 Å². The molecule has 1 saturated carbocycles. The van der Waals surface area contributed by atoms with E-state index in [1.54, 1.807) is 0 Å². The van der Waals surface area contributed by atoms with Gasteiger partial charge in [-0.1, -0.05) is 19.8 Å². The third kappa shape index (κ3) is 2.57. The highest BCUT2D eigenvalue weighted by Crippen LogP contribution is 2.28. The number of amides is 1. The predicted molar refractivity (Wildman–Crippen MR) is 65.2 cm³/mol. The molecule has 1 amide bonds. The second-order valence-corrected chi connectivity index (χ2v) is 5.56. The third-order valence-electron chi connectivity index (χ3n) is 4.29. The Bertz CT molecular complexity index is 250. The number of rotatable bonds is 3. The summed E-state index contributed by atoms with van der Waals surface area (Å²) in [5.41, 5.74) is 0. The predicted octanol–water partition coefficient (Wildman–Crippen LogP) is 1.63. The molecule has 92 valence electrons. The third-order valence-corrected chi connectivity index (χ3v) is 4.29. The van der Waals surface area contributed by atoms with E-state index in [1.807, 2.05) is 11.9 Å². The van der Waals surface area contributed by atoms with Crippen molar-refractivity contribution in [1.82, 2.24) is 10.2 Å². The Hall–Kier alpha value is -0.570. The van der Waals surface area contributed by atoms with E-state index in [-0.39, 0.29) is 0 Å². The van der Waals surface area contributed by atoms with Gasteiger partial charge < -0.3 is 10.2 Å². The average Bonchev–Trinajstić information content (AvgIpc) is 2.23. The molecule has 0 bridgehead atoms. The van der Waals surface area contributed by atoms with E-state index in [9.17, 15) is 4.79 Å². The van der Waals surface area contributed by atoms with Crippen molar-refractivity contribution in [2.24, 2.45) is 11.8 Å². The summed E-state index contributed by atoms with van der Waals surface area (Å²) in [6, 6.07) is 0.495. The topological polar surface area (TPSA) is 32.3 Å². The lowest BCUT2D eigenvalue weighted by Crippen LogP contribution is -2.48. The molecule has 0 radical (unpaired) electrons. The van der Waals surface area contributed by atoms with Crippen LogP contribution in [0.4, 0.5) is 0 Å². The Balaban J connectivity index is 1.84. The maximum atomic E-state index is 12.1. The normalized spacial score (nSPS) is 30.9. The molecule has 1 aliphatic carbocycles. The number of nitrogens with zero attached hydrogens (tertiary/aromatic N) is 1. The van der Waals surface area contributed by atoms with Crippen molar-refractivity contribution >= 4 is 5.91 Å². The van der Waals surface area contributed by atoms with Gasteiger partial charge in [0.1, 0.15) is 0 Å². The van der Waals surface area contributed by atoms with Gasteiger partial charge in [-0.3, -0.25) is 4.79 Å². The second kappa shape index (κ2) is 5.17. The second-order valence-electron chi connectivity index (χ2n) is 5.56. The van der Waals surface area contributed by atoms with E-state index >= 15 is 0 Å². The summed E-state index contributed by atoms with van der Waals surface area (Å²) in [7, 11) is 2.00. The first-order valence-corrected chi connectivity index (χ1v) is 6.65. The molecule has 1 N–H and O–H groups in total. The molecule has 2 fully saturated rings. The van der Waals surface area contributed by atoms with Crippen LogP contribution in [-0.2, 0) is 4.79 Å². The first kappa shape index (κ1) is 11.9. The van der Waals surface area contributed by atoms with Crippen LogP contribution < -0.4 is 5.32 Å². The van der Waals surface area contributed by atoms with E-state index in [0.717, 1.165) is 19.5 Å². The van der Waals surface area contributed by atoms with E-state index in [1.165, 1.54) is 25.7 Å². The summed E-state index contributed by atoms with van der Waals surface area (Å²) in [6.07, 6.45) is 5.86. The Morgan fingerprint density at radius 1 is 1.31 bits per heavy atom. The minimum Gasteiger partial charge on any atom is -0.343 e. The highest BCUT2D eigenvalue weighted by molar-refractivity contribution is 5.76. The smallest absolute Gasteiger partial charge is 0.222 e. The molecular weight excluding hydrogens is 200 g/mol. The van der Waals surface area contributed by atoms with Gasteiger partial charge in [0.25, 0.3) is 0 Å². The monoisotopic (exact) mass is 224 g/mol. The van der Waals surface area contributed by atoms with Gasteiger partial charge in [0.15, 0.2) is 0 Å². The molecule has 2 aliphatic rings. The van der Waals surface area contributed by atoms with Crippen LogP contribution in [0.5, 0.6) is 0 Å². The molecule has 2 rings (SSSR count). The SMILES string of the molecule is CC1CCCCC1N(C)C(=O)CC1CNC1. The summed E-state index contributed by atoms with van der Waals surface area (Å²) in [5.74, 6) is 1.63. The molecule has 2 unspecified atom stereocenters. The Kier molecular flexibility index (Phi) is 3.85. The summed E-state index contributed by atoms with van der Waals surface area (Å²) in [4.78, 5) is 14.1. The molecule has 2 atom stereocenters. The van der Waals surface area contributed by atoms with E-state index in [0.29, 0.717) is 23.8 Å². The van der Waals surface area contributed by atoms with Gasteiger partial charge in [0, 0.05) is 19.5 Å². The summed E-state index contributed by atoms with van der Waals surface area (Å²) in [6.45, 7) is 4.35. The first-order chi connectivity index (χ1) is 7.68. The lowest BCUT2D eigenvalue weighted by atomic mass is 9.84. The van der Waals surface area contributed by atoms with Crippen molar-refractivity contribution in [1.29, 1.82) is 0 Å². The van der Waals surface area contributed by atoms with Gasteiger partial charge in [-0.25, -0.2) is 0 Å². The Morgan fingerprint density at radius 3 is 2.56 bits per heavy atom. The fourth-order valence-electron chi connectivity index (χ4n) is 2.94. The molecule has 16 heavy (non-hydrogen) atoms. The molecule has 1 heterocycles. The first-order valence-electron chi connectivity index (χ1n) is 6.65. The van der Waals surface area contributed by atoms with Gasteiger partial charge in [-0.2, -0.15) is 0 Å². The minimum atomic E-state index is 0.352. The van der Waals surface area contributed by atoms with Gasteiger partial charge in [-0.05, 0) is 37.8 Å². The fourth-order valence-corrected chi connectivity index (χ4v) is 2.94. The van der Waals surface area contributed by atoms with Crippen LogP contribution in [0.1, 0.15) is 39.0 Å². The van der Waals surface area contributed by atoms with Crippen LogP contribution in [0.25, 0.3) is 0 Å². The van der Waals surface area contributed by atoms with Crippen molar-refractivity contribution in [3.05, 3.63) is 0 Å². The molecule has 0 aromatic carbocycles. The highest BCUT2D eigenvalue weighted by Gasteiger charge is 2.29. The Morgan fingerprint density at radius 2 is 2.00 bits per heavy atom. The van der Waals surface area contributed by atoms with Crippen LogP contribution in [0, 0.1) is 11.8 Å². The highest BCUT2D eigenvalue weighted by atomic mass is 16.2. The van der Waals surface area contributed by atoms with Gasteiger partial charge in [-0.15, -0.1) is 0 Å². The van der Waals surface area contributed by atoms with Crippen molar-refractivity contribution in [3.8, 4) is 0 Å². The molecule has 3 nitrogen and oxygen atoms in total. The molecule has 0 spiro atoms. The van der Waals surface area contributed by atoms with Crippen LogP contribution in [0.15, 0.2) is 0 Å². The zero-order chi connectivity index (χ0) is 11.5. The minimum absolute atomic E-state index is 0.352. The van der Waals surface area contributed by atoms with E-state index in [4.69, 9.17) is 0 Å². The van der Waals surface area contributed by atoms with Gasteiger partial charge in [0.05, 0.1) is 0 Å². The van der Waals surface area contributed by atoms with Crippen LogP contribution >= 0.6 is 0 Å². The average molecular weight is 224 g/mol. The molecule has 0 aromatic rings. The lowest BCUT2D eigenvalue weighted by Gasteiger charge is -2.37. The summed E-state index contributed by atoms with van der Waals surface area (Å²) >= 11 is 0. The van der Waals surface area contributed by atoms with Gasteiger partial charge >= 0.3 is 0 Å². The zero-order valence-corrected chi connectivity index (χ0v) is 10.5.